The molecule has 102 valence electrons. The van der Waals surface area contributed by atoms with E-state index in [1.54, 1.807) is 0 Å². The van der Waals surface area contributed by atoms with Gasteiger partial charge in [0.2, 0.25) is 5.89 Å². The molecule has 2 rings (SSSR count). The highest BCUT2D eigenvalue weighted by atomic mass is 16.5. The van der Waals surface area contributed by atoms with Gasteiger partial charge in [-0.2, -0.15) is 4.98 Å². The van der Waals surface area contributed by atoms with E-state index in [1.807, 2.05) is 45.0 Å². The average Bonchev–Trinajstić information content (AvgIpc) is 2.77. The van der Waals surface area contributed by atoms with Crippen molar-refractivity contribution in [3.63, 3.8) is 0 Å². The average molecular weight is 261 g/mol. The van der Waals surface area contributed by atoms with Gasteiger partial charge in [0, 0.05) is 0 Å². The minimum atomic E-state index is -0.584. The van der Waals surface area contributed by atoms with Crippen LogP contribution in [0, 0.1) is 6.92 Å². The van der Waals surface area contributed by atoms with E-state index in [1.165, 1.54) is 5.56 Å². The van der Waals surface area contributed by atoms with Crippen molar-refractivity contribution in [3.8, 4) is 5.75 Å². The van der Waals surface area contributed by atoms with E-state index in [-0.39, 0.29) is 0 Å². The molecule has 5 nitrogen and oxygen atoms in total. The molecule has 1 aromatic carbocycles. The second-order valence-corrected chi connectivity index (χ2v) is 5.15. The highest BCUT2D eigenvalue weighted by Gasteiger charge is 2.21. The van der Waals surface area contributed by atoms with Gasteiger partial charge in [-0.25, -0.2) is 0 Å². The summed E-state index contributed by atoms with van der Waals surface area (Å²) in [6.07, 6.45) is 0.566. The van der Waals surface area contributed by atoms with Gasteiger partial charge in [0.25, 0.3) is 0 Å². The summed E-state index contributed by atoms with van der Waals surface area (Å²) in [6.45, 7) is 6.20. The zero-order valence-corrected chi connectivity index (χ0v) is 11.5. The lowest BCUT2D eigenvalue weighted by atomic mass is 10.1. The number of ether oxygens (including phenoxy) is 1. The number of hydrogen-bond donors (Lipinski definition) is 1. The van der Waals surface area contributed by atoms with E-state index in [0.29, 0.717) is 24.7 Å². The van der Waals surface area contributed by atoms with Crippen LogP contribution in [-0.2, 0) is 12.0 Å². The molecule has 0 aliphatic carbocycles. The smallest absolute Gasteiger partial charge is 0.230 e. The summed E-state index contributed by atoms with van der Waals surface area (Å²) >= 11 is 0. The third kappa shape index (κ3) is 3.79. The Morgan fingerprint density at radius 1 is 1.37 bits per heavy atom. The summed E-state index contributed by atoms with van der Waals surface area (Å²) in [5.41, 5.74) is 6.47. The number of nitrogens with zero attached hydrogens (tertiary/aromatic N) is 2. The van der Waals surface area contributed by atoms with Crippen LogP contribution in [0.2, 0.25) is 0 Å². The Kier molecular flexibility index (Phi) is 3.85. The molecule has 0 aliphatic rings. The van der Waals surface area contributed by atoms with Crippen LogP contribution in [0.3, 0.4) is 0 Å². The fraction of sp³-hybridized carbons (Fsp3) is 0.429. The Hall–Kier alpha value is -1.88. The molecule has 0 bridgehead atoms. The number of aromatic nitrogens is 2. The first-order valence-corrected chi connectivity index (χ1v) is 6.26. The largest absolute Gasteiger partial charge is 0.493 e. The number of nitrogens with two attached hydrogens (primary N) is 1. The van der Waals surface area contributed by atoms with E-state index >= 15 is 0 Å². The van der Waals surface area contributed by atoms with Crippen molar-refractivity contribution in [1.82, 2.24) is 10.1 Å². The molecule has 2 aromatic rings. The molecule has 0 saturated heterocycles. The highest BCUT2D eigenvalue weighted by Crippen LogP contribution is 2.14. The van der Waals surface area contributed by atoms with Crippen LogP contribution >= 0.6 is 0 Å². The third-order valence-electron chi connectivity index (χ3n) is 2.62. The number of hydrogen-bond acceptors (Lipinski definition) is 5. The quantitative estimate of drug-likeness (QED) is 0.893. The molecule has 0 atom stereocenters. The number of rotatable bonds is 5. The van der Waals surface area contributed by atoms with Crippen molar-refractivity contribution in [2.75, 3.05) is 6.61 Å². The Labute approximate surface area is 112 Å². The molecule has 0 radical (unpaired) electrons. The summed E-state index contributed by atoms with van der Waals surface area (Å²) in [5.74, 6) is 1.90. The van der Waals surface area contributed by atoms with Crippen molar-refractivity contribution in [3.05, 3.63) is 41.5 Å². The first kappa shape index (κ1) is 13.5. The second kappa shape index (κ2) is 5.40. The maximum absolute atomic E-state index is 5.89. The van der Waals surface area contributed by atoms with Gasteiger partial charge in [0.15, 0.2) is 5.82 Å². The Bertz CT molecular complexity index is 544. The van der Waals surface area contributed by atoms with Gasteiger partial charge in [0.05, 0.1) is 18.6 Å². The maximum Gasteiger partial charge on any atom is 0.230 e. The zero-order chi connectivity index (χ0) is 13.9. The monoisotopic (exact) mass is 261 g/mol. The van der Waals surface area contributed by atoms with Crippen LogP contribution in [0.25, 0.3) is 0 Å². The molecule has 0 amide bonds. The third-order valence-corrected chi connectivity index (χ3v) is 2.62. The van der Waals surface area contributed by atoms with Crippen LogP contribution in [0.5, 0.6) is 5.75 Å². The molecule has 5 heteroatoms. The van der Waals surface area contributed by atoms with Gasteiger partial charge in [-0.15, -0.1) is 0 Å². The van der Waals surface area contributed by atoms with Crippen LogP contribution < -0.4 is 10.5 Å². The lowest BCUT2D eigenvalue weighted by Crippen LogP contribution is -2.30. The van der Waals surface area contributed by atoms with Crippen molar-refractivity contribution >= 4 is 0 Å². The molecule has 0 spiro atoms. The van der Waals surface area contributed by atoms with Gasteiger partial charge in [-0.1, -0.05) is 17.3 Å². The standard InChI is InChI=1S/C14H19N3O2/c1-10-5-4-6-11(9-10)18-8-7-12-16-13(17-19-12)14(2,3)15/h4-6,9H,7-8,15H2,1-3H3. The van der Waals surface area contributed by atoms with Gasteiger partial charge < -0.3 is 15.0 Å². The van der Waals surface area contributed by atoms with Crippen molar-refractivity contribution in [2.24, 2.45) is 5.73 Å². The lowest BCUT2D eigenvalue weighted by Gasteiger charge is -2.11. The molecule has 19 heavy (non-hydrogen) atoms. The van der Waals surface area contributed by atoms with Crippen molar-refractivity contribution < 1.29 is 9.26 Å². The zero-order valence-electron chi connectivity index (χ0n) is 11.5. The Morgan fingerprint density at radius 2 is 2.16 bits per heavy atom. The van der Waals surface area contributed by atoms with E-state index in [2.05, 4.69) is 10.1 Å². The summed E-state index contributed by atoms with van der Waals surface area (Å²) in [7, 11) is 0. The Morgan fingerprint density at radius 3 is 2.79 bits per heavy atom. The summed E-state index contributed by atoms with van der Waals surface area (Å²) in [5, 5.41) is 3.86. The fourth-order valence-corrected chi connectivity index (χ4v) is 1.58. The topological polar surface area (TPSA) is 74.2 Å². The minimum Gasteiger partial charge on any atom is -0.493 e. The predicted octanol–water partition coefficient (Wildman–Crippen LogP) is 2.19. The highest BCUT2D eigenvalue weighted by molar-refractivity contribution is 5.27. The van der Waals surface area contributed by atoms with Crippen molar-refractivity contribution in [2.45, 2.75) is 32.7 Å². The van der Waals surface area contributed by atoms with Crippen LogP contribution in [-0.4, -0.2) is 16.7 Å². The van der Waals surface area contributed by atoms with Gasteiger partial charge >= 0.3 is 0 Å². The first-order chi connectivity index (χ1) is 8.95. The molecular weight excluding hydrogens is 242 g/mol. The fourth-order valence-electron chi connectivity index (χ4n) is 1.58. The van der Waals surface area contributed by atoms with E-state index in [4.69, 9.17) is 15.0 Å². The van der Waals surface area contributed by atoms with E-state index in [9.17, 15) is 0 Å². The minimum absolute atomic E-state index is 0.496. The normalized spacial score (nSPS) is 11.6. The van der Waals surface area contributed by atoms with Crippen LogP contribution in [0.1, 0.15) is 31.1 Å². The van der Waals surface area contributed by atoms with E-state index < -0.39 is 5.54 Å². The van der Waals surface area contributed by atoms with Crippen LogP contribution in [0.15, 0.2) is 28.8 Å². The molecule has 0 unspecified atom stereocenters. The second-order valence-electron chi connectivity index (χ2n) is 5.15. The Balaban J connectivity index is 1.88. The first-order valence-electron chi connectivity index (χ1n) is 6.26. The van der Waals surface area contributed by atoms with Gasteiger partial charge in [0.1, 0.15) is 5.75 Å². The molecule has 1 heterocycles. The SMILES string of the molecule is Cc1cccc(OCCc2nc(C(C)(C)N)no2)c1. The summed E-state index contributed by atoms with van der Waals surface area (Å²) in [6, 6.07) is 7.91. The molecule has 0 saturated carbocycles. The molecule has 1 aromatic heterocycles. The van der Waals surface area contributed by atoms with Crippen molar-refractivity contribution in [1.29, 1.82) is 0 Å². The number of aryl methyl sites for hydroxylation is 1. The lowest BCUT2D eigenvalue weighted by molar-refractivity contribution is 0.290. The molecule has 2 N–H and O–H groups in total. The molecule has 0 fully saturated rings. The van der Waals surface area contributed by atoms with Gasteiger partial charge in [-0.3, -0.25) is 0 Å². The molecular formula is C14H19N3O2. The van der Waals surface area contributed by atoms with Gasteiger partial charge in [-0.05, 0) is 38.5 Å². The summed E-state index contributed by atoms with van der Waals surface area (Å²) < 4.78 is 10.8. The van der Waals surface area contributed by atoms with E-state index in [0.717, 1.165) is 5.75 Å². The summed E-state index contributed by atoms with van der Waals surface area (Å²) in [4.78, 5) is 4.25. The predicted molar refractivity (Wildman–Crippen MR) is 71.9 cm³/mol. The maximum atomic E-state index is 5.89. The number of benzene rings is 1. The van der Waals surface area contributed by atoms with Crippen LogP contribution in [0.4, 0.5) is 0 Å². The molecule has 0 aliphatic heterocycles.